The van der Waals surface area contributed by atoms with Gasteiger partial charge in [-0.2, -0.15) is 9.97 Å². The molecule has 0 saturated heterocycles. The van der Waals surface area contributed by atoms with E-state index < -0.39 is 0 Å². The first-order chi connectivity index (χ1) is 17.6. The quantitative estimate of drug-likeness (QED) is 0.237. The van der Waals surface area contributed by atoms with Crippen molar-refractivity contribution in [1.82, 2.24) is 19.9 Å². The predicted molar refractivity (Wildman–Crippen MR) is 143 cm³/mol. The standard InChI is InChI=1S/C26H32N8O2/c1-33(17-19-9-5-3-6-10-19)23-21-22(30-25(31-23)27-13-15-35)24(32-26(29-21)28-14-16-36)34(2)18-20-11-7-4-8-12-20/h3-12,35-36H,13-18H2,1-2H3,(H,27,30,31)(H,28,29,32). The van der Waals surface area contributed by atoms with E-state index in [1.165, 1.54) is 0 Å². The second kappa shape index (κ2) is 12.1. The van der Waals surface area contributed by atoms with Crippen molar-refractivity contribution in [3.05, 3.63) is 71.8 Å². The van der Waals surface area contributed by atoms with E-state index in [9.17, 15) is 10.2 Å². The Balaban J connectivity index is 1.83. The number of nitrogens with zero attached hydrogens (tertiary/aromatic N) is 6. The molecule has 0 fully saturated rings. The van der Waals surface area contributed by atoms with E-state index in [2.05, 4.69) is 34.9 Å². The molecular formula is C26H32N8O2. The van der Waals surface area contributed by atoms with Gasteiger partial charge in [0.25, 0.3) is 0 Å². The van der Waals surface area contributed by atoms with E-state index in [0.717, 1.165) is 11.1 Å². The van der Waals surface area contributed by atoms with Gasteiger partial charge < -0.3 is 30.6 Å². The van der Waals surface area contributed by atoms with Crippen molar-refractivity contribution in [1.29, 1.82) is 0 Å². The highest BCUT2D eigenvalue weighted by Crippen LogP contribution is 2.31. The minimum Gasteiger partial charge on any atom is -0.395 e. The molecule has 0 unspecified atom stereocenters. The van der Waals surface area contributed by atoms with Crippen LogP contribution in [0.3, 0.4) is 0 Å². The smallest absolute Gasteiger partial charge is 0.225 e. The molecule has 0 radical (unpaired) electrons. The molecule has 2 heterocycles. The lowest BCUT2D eigenvalue weighted by Crippen LogP contribution is -2.23. The third-order valence-electron chi connectivity index (χ3n) is 5.55. The molecule has 0 spiro atoms. The van der Waals surface area contributed by atoms with Crippen molar-refractivity contribution in [2.24, 2.45) is 0 Å². The van der Waals surface area contributed by atoms with Crippen molar-refractivity contribution < 1.29 is 10.2 Å². The summed E-state index contributed by atoms with van der Waals surface area (Å²) in [6.07, 6.45) is 0. The largest absolute Gasteiger partial charge is 0.395 e. The van der Waals surface area contributed by atoms with Crippen molar-refractivity contribution in [2.75, 3.05) is 60.8 Å². The number of hydrogen-bond donors (Lipinski definition) is 4. The van der Waals surface area contributed by atoms with E-state index in [-0.39, 0.29) is 13.2 Å². The maximum Gasteiger partial charge on any atom is 0.225 e. The number of aliphatic hydroxyl groups is 2. The first-order valence-electron chi connectivity index (χ1n) is 11.9. The van der Waals surface area contributed by atoms with Crippen LogP contribution < -0.4 is 20.4 Å². The summed E-state index contributed by atoms with van der Waals surface area (Å²) in [6.45, 7) is 1.78. The Morgan fingerprint density at radius 3 is 1.36 bits per heavy atom. The molecule has 2 aromatic heterocycles. The molecule has 0 aliphatic carbocycles. The molecule has 0 aliphatic heterocycles. The molecule has 36 heavy (non-hydrogen) atoms. The van der Waals surface area contributed by atoms with Gasteiger partial charge in [0, 0.05) is 40.3 Å². The molecule has 2 aromatic carbocycles. The maximum absolute atomic E-state index is 9.35. The summed E-state index contributed by atoms with van der Waals surface area (Å²) in [7, 11) is 3.92. The number of aromatic nitrogens is 4. The van der Waals surface area contributed by atoms with Crippen LogP contribution in [0.1, 0.15) is 11.1 Å². The molecule has 4 N–H and O–H groups in total. The fraction of sp³-hybridized carbons (Fsp3) is 0.308. The molecule has 0 saturated carbocycles. The Morgan fingerprint density at radius 1 is 0.611 bits per heavy atom. The number of benzene rings is 2. The van der Waals surface area contributed by atoms with Crippen molar-refractivity contribution in [2.45, 2.75) is 13.1 Å². The lowest BCUT2D eigenvalue weighted by Gasteiger charge is -2.24. The fourth-order valence-corrected chi connectivity index (χ4v) is 3.88. The number of fused-ring (bicyclic) bond motifs is 1. The molecule has 0 amide bonds. The molecular weight excluding hydrogens is 456 g/mol. The van der Waals surface area contributed by atoms with Crippen LogP contribution in [-0.2, 0) is 13.1 Å². The van der Waals surface area contributed by atoms with Gasteiger partial charge >= 0.3 is 0 Å². The summed E-state index contributed by atoms with van der Waals surface area (Å²) in [5.74, 6) is 2.04. The van der Waals surface area contributed by atoms with E-state index in [4.69, 9.17) is 19.9 Å². The van der Waals surface area contributed by atoms with Crippen LogP contribution >= 0.6 is 0 Å². The molecule has 0 aliphatic rings. The van der Waals surface area contributed by atoms with Crippen LogP contribution in [0.4, 0.5) is 23.5 Å². The zero-order valence-electron chi connectivity index (χ0n) is 20.6. The van der Waals surface area contributed by atoms with Crippen molar-refractivity contribution in [3.8, 4) is 0 Å². The molecule has 10 heteroatoms. The molecule has 4 aromatic rings. The highest BCUT2D eigenvalue weighted by molar-refractivity contribution is 5.95. The van der Waals surface area contributed by atoms with Crippen LogP contribution in [0.5, 0.6) is 0 Å². The van der Waals surface area contributed by atoms with Gasteiger partial charge in [0.05, 0.1) is 13.2 Å². The Morgan fingerprint density at radius 2 is 1.00 bits per heavy atom. The van der Waals surface area contributed by atoms with E-state index in [0.29, 0.717) is 60.7 Å². The second-order valence-corrected chi connectivity index (χ2v) is 8.42. The minimum atomic E-state index is -0.0438. The Bertz CT molecular complexity index is 1160. The van der Waals surface area contributed by atoms with Crippen LogP contribution in [0, 0.1) is 0 Å². The zero-order valence-corrected chi connectivity index (χ0v) is 20.6. The van der Waals surface area contributed by atoms with Gasteiger partial charge in [0.1, 0.15) is 11.0 Å². The van der Waals surface area contributed by atoms with Crippen LogP contribution in [-0.4, -0.2) is 70.5 Å². The normalized spacial score (nSPS) is 10.9. The van der Waals surface area contributed by atoms with Gasteiger partial charge in [-0.05, 0) is 11.1 Å². The highest BCUT2D eigenvalue weighted by Gasteiger charge is 2.21. The average Bonchev–Trinajstić information content (AvgIpc) is 2.91. The Hall–Kier alpha value is -4.02. The first-order valence-corrected chi connectivity index (χ1v) is 11.9. The third-order valence-corrected chi connectivity index (χ3v) is 5.55. The number of hydrogen-bond acceptors (Lipinski definition) is 10. The number of aliphatic hydroxyl groups excluding tert-OH is 2. The molecule has 10 nitrogen and oxygen atoms in total. The molecule has 4 rings (SSSR count). The lowest BCUT2D eigenvalue weighted by molar-refractivity contribution is 0.310. The van der Waals surface area contributed by atoms with Crippen LogP contribution in [0.25, 0.3) is 11.0 Å². The summed E-state index contributed by atoms with van der Waals surface area (Å²) in [5, 5.41) is 24.9. The summed E-state index contributed by atoms with van der Waals surface area (Å²) in [4.78, 5) is 23.0. The molecule has 188 valence electrons. The number of rotatable bonds is 12. The zero-order chi connectivity index (χ0) is 25.3. The van der Waals surface area contributed by atoms with Crippen LogP contribution in [0.15, 0.2) is 60.7 Å². The summed E-state index contributed by atoms with van der Waals surface area (Å²) >= 11 is 0. The SMILES string of the molecule is CN(Cc1ccccc1)c1nc(NCCO)nc2c(N(C)Cc3ccccc3)nc(NCCO)nc12. The maximum atomic E-state index is 9.35. The van der Waals surface area contributed by atoms with Gasteiger partial charge in [-0.1, -0.05) is 60.7 Å². The van der Waals surface area contributed by atoms with Gasteiger partial charge in [-0.25, -0.2) is 9.97 Å². The van der Waals surface area contributed by atoms with Crippen molar-refractivity contribution in [3.63, 3.8) is 0 Å². The number of nitrogens with one attached hydrogen (secondary N) is 2. The summed E-state index contributed by atoms with van der Waals surface area (Å²) < 4.78 is 0. The number of anilines is 4. The van der Waals surface area contributed by atoms with Gasteiger partial charge in [-0.3, -0.25) is 0 Å². The monoisotopic (exact) mass is 488 g/mol. The summed E-state index contributed by atoms with van der Waals surface area (Å²) in [6, 6.07) is 20.2. The molecule has 0 bridgehead atoms. The minimum absolute atomic E-state index is 0.0438. The Kier molecular flexibility index (Phi) is 8.43. The van der Waals surface area contributed by atoms with Gasteiger partial charge in [-0.15, -0.1) is 0 Å². The van der Waals surface area contributed by atoms with Crippen molar-refractivity contribution >= 4 is 34.6 Å². The first kappa shape index (κ1) is 25.1. The lowest BCUT2D eigenvalue weighted by atomic mass is 10.2. The second-order valence-electron chi connectivity index (χ2n) is 8.42. The van der Waals surface area contributed by atoms with Gasteiger partial charge in [0.2, 0.25) is 11.9 Å². The van der Waals surface area contributed by atoms with Gasteiger partial charge in [0.15, 0.2) is 11.6 Å². The topological polar surface area (TPSA) is 123 Å². The fourth-order valence-electron chi connectivity index (χ4n) is 3.88. The highest BCUT2D eigenvalue weighted by atomic mass is 16.3. The molecule has 0 atom stereocenters. The summed E-state index contributed by atoms with van der Waals surface area (Å²) in [5.41, 5.74) is 3.44. The third kappa shape index (κ3) is 6.15. The Labute approximate surface area is 210 Å². The van der Waals surface area contributed by atoms with E-state index in [1.54, 1.807) is 0 Å². The predicted octanol–water partition coefficient (Wildman–Crippen LogP) is 2.50. The van der Waals surface area contributed by atoms with E-state index in [1.807, 2.05) is 60.3 Å². The average molecular weight is 489 g/mol. The van der Waals surface area contributed by atoms with Crippen LogP contribution in [0.2, 0.25) is 0 Å². The van der Waals surface area contributed by atoms with E-state index >= 15 is 0 Å².